The maximum absolute atomic E-state index is 13.5. The van der Waals surface area contributed by atoms with Gasteiger partial charge in [0.1, 0.15) is 0 Å². The number of carbonyl (C=O) groups excluding carboxylic acids is 1. The summed E-state index contributed by atoms with van der Waals surface area (Å²) < 4.78 is 27.0. The van der Waals surface area contributed by atoms with E-state index in [2.05, 4.69) is 0 Å². The first-order chi connectivity index (χ1) is 7.50. The monoisotopic (exact) mass is 229 g/mol. The molecule has 2 rings (SSSR count). The highest BCUT2D eigenvalue weighted by molar-refractivity contribution is 5.79. The Morgan fingerprint density at radius 3 is 2.56 bits per heavy atom. The van der Waals surface area contributed by atoms with Crippen molar-refractivity contribution in [2.45, 2.75) is 32.1 Å². The van der Waals surface area contributed by atoms with Crippen LogP contribution >= 0.6 is 0 Å². The largest absolute Gasteiger partial charge is 0.336 e. The van der Waals surface area contributed by atoms with Crippen molar-refractivity contribution in [3.05, 3.63) is 12.2 Å². The normalized spacial score (nSPS) is 29.7. The molecule has 2 aliphatic rings. The number of piperidine rings is 1. The number of carbonyl (C=O) groups is 1. The van der Waals surface area contributed by atoms with Crippen molar-refractivity contribution < 1.29 is 13.6 Å². The molecule has 1 aliphatic heterocycles. The lowest BCUT2D eigenvalue weighted by Crippen LogP contribution is -2.51. The molecule has 0 unspecified atom stereocenters. The van der Waals surface area contributed by atoms with Gasteiger partial charge in [-0.3, -0.25) is 4.79 Å². The van der Waals surface area contributed by atoms with Crippen LogP contribution < -0.4 is 0 Å². The van der Waals surface area contributed by atoms with Gasteiger partial charge in [-0.05, 0) is 19.3 Å². The lowest BCUT2D eigenvalue weighted by Gasteiger charge is -2.37. The fourth-order valence-electron chi connectivity index (χ4n) is 2.32. The maximum Gasteiger partial charge on any atom is 0.267 e. The van der Waals surface area contributed by atoms with E-state index in [-0.39, 0.29) is 11.8 Å². The number of nitrogens with zero attached hydrogens (tertiary/aromatic N) is 1. The minimum atomic E-state index is -2.72. The van der Waals surface area contributed by atoms with Crippen LogP contribution in [0, 0.1) is 11.8 Å². The first-order valence-corrected chi connectivity index (χ1v) is 5.82. The third-order valence-corrected chi connectivity index (χ3v) is 3.62. The molecule has 1 saturated heterocycles. The molecule has 2 nitrogen and oxygen atoms in total. The Hall–Kier alpha value is -0.930. The molecule has 0 aromatic carbocycles. The fraction of sp³-hybridized carbons (Fsp3) is 0.750. The molecule has 0 bridgehead atoms. The molecule has 1 amide bonds. The zero-order chi connectivity index (χ0) is 11.8. The van der Waals surface area contributed by atoms with Crippen molar-refractivity contribution in [2.75, 3.05) is 13.1 Å². The van der Waals surface area contributed by atoms with Gasteiger partial charge in [0.15, 0.2) is 0 Å². The summed E-state index contributed by atoms with van der Waals surface area (Å²) in [5, 5.41) is 0. The molecule has 1 atom stereocenters. The van der Waals surface area contributed by atoms with Gasteiger partial charge in [0.05, 0.1) is 6.54 Å². The van der Waals surface area contributed by atoms with Crippen molar-refractivity contribution in [1.29, 1.82) is 0 Å². The van der Waals surface area contributed by atoms with Crippen LogP contribution in [0.5, 0.6) is 0 Å². The van der Waals surface area contributed by atoms with E-state index >= 15 is 0 Å². The van der Waals surface area contributed by atoms with Crippen LogP contribution in [0.25, 0.3) is 0 Å². The van der Waals surface area contributed by atoms with E-state index in [1.54, 1.807) is 6.92 Å². The second-order valence-corrected chi connectivity index (χ2v) is 4.85. The maximum atomic E-state index is 13.5. The molecule has 0 N–H and O–H groups in total. The summed E-state index contributed by atoms with van der Waals surface area (Å²) in [4.78, 5) is 13.3. The van der Waals surface area contributed by atoms with Gasteiger partial charge < -0.3 is 4.90 Å². The SMILES string of the molecule is C[C@H]1CCN(C(=O)C2CC=CC2)CC1(F)F. The summed E-state index contributed by atoms with van der Waals surface area (Å²) in [7, 11) is 0. The first-order valence-electron chi connectivity index (χ1n) is 5.82. The van der Waals surface area contributed by atoms with E-state index < -0.39 is 18.4 Å². The van der Waals surface area contributed by atoms with Crippen molar-refractivity contribution in [1.82, 2.24) is 4.90 Å². The van der Waals surface area contributed by atoms with Crippen LogP contribution in [0.4, 0.5) is 8.78 Å². The molecule has 1 fully saturated rings. The molecule has 16 heavy (non-hydrogen) atoms. The summed E-state index contributed by atoms with van der Waals surface area (Å²) in [5.41, 5.74) is 0. The lowest BCUT2D eigenvalue weighted by molar-refractivity contribution is -0.152. The molecular weight excluding hydrogens is 212 g/mol. The molecule has 0 aromatic heterocycles. The van der Waals surface area contributed by atoms with Crippen LogP contribution in [-0.4, -0.2) is 29.8 Å². The third kappa shape index (κ3) is 2.11. The van der Waals surface area contributed by atoms with E-state index in [0.29, 0.717) is 25.8 Å². The predicted octanol–water partition coefficient (Wildman–Crippen LogP) is 2.46. The Bertz CT molecular complexity index is 306. The summed E-state index contributed by atoms with van der Waals surface area (Å²) in [5.74, 6) is -3.53. The quantitative estimate of drug-likeness (QED) is 0.632. The number of halogens is 2. The Kier molecular flexibility index (Phi) is 3.00. The third-order valence-electron chi connectivity index (χ3n) is 3.62. The minimum Gasteiger partial charge on any atom is -0.336 e. The zero-order valence-electron chi connectivity index (χ0n) is 9.46. The van der Waals surface area contributed by atoms with Crippen molar-refractivity contribution >= 4 is 5.91 Å². The van der Waals surface area contributed by atoms with Gasteiger partial charge in [-0.1, -0.05) is 19.1 Å². The second kappa shape index (κ2) is 4.15. The number of rotatable bonds is 1. The van der Waals surface area contributed by atoms with E-state index in [4.69, 9.17) is 0 Å². The molecular formula is C12H17F2NO. The smallest absolute Gasteiger partial charge is 0.267 e. The van der Waals surface area contributed by atoms with Gasteiger partial charge in [0, 0.05) is 18.4 Å². The average Bonchev–Trinajstić information content (AvgIpc) is 2.74. The second-order valence-electron chi connectivity index (χ2n) is 4.85. The Morgan fingerprint density at radius 2 is 2.00 bits per heavy atom. The van der Waals surface area contributed by atoms with Gasteiger partial charge in [-0.15, -0.1) is 0 Å². The van der Waals surface area contributed by atoms with Gasteiger partial charge >= 0.3 is 0 Å². The number of likely N-dealkylation sites (tertiary alicyclic amines) is 1. The molecule has 0 spiro atoms. The topological polar surface area (TPSA) is 20.3 Å². The molecule has 1 aliphatic carbocycles. The van der Waals surface area contributed by atoms with Gasteiger partial charge in [0.25, 0.3) is 5.92 Å². The summed E-state index contributed by atoms with van der Waals surface area (Å²) in [6.07, 6.45) is 5.71. The van der Waals surface area contributed by atoms with Crippen LogP contribution in [0.3, 0.4) is 0 Å². The van der Waals surface area contributed by atoms with E-state index in [1.165, 1.54) is 4.90 Å². The molecule has 4 heteroatoms. The Labute approximate surface area is 94.3 Å². The highest BCUT2D eigenvalue weighted by Crippen LogP contribution is 2.33. The van der Waals surface area contributed by atoms with Crippen molar-refractivity contribution in [3.8, 4) is 0 Å². The number of alkyl halides is 2. The van der Waals surface area contributed by atoms with Crippen molar-refractivity contribution in [2.24, 2.45) is 11.8 Å². The number of allylic oxidation sites excluding steroid dienone is 2. The highest BCUT2D eigenvalue weighted by atomic mass is 19.3. The summed E-state index contributed by atoms with van der Waals surface area (Å²) >= 11 is 0. The fourth-order valence-corrected chi connectivity index (χ4v) is 2.32. The van der Waals surface area contributed by atoms with Gasteiger partial charge in [0.2, 0.25) is 5.91 Å². The Morgan fingerprint density at radius 1 is 1.38 bits per heavy atom. The van der Waals surface area contributed by atoms with Crippen LogP contribution in [0.2, 0.25) is 0 Å². The Balaban J connectivity index is 1.98. The standard InChI is InChI=1S/C12H17F2NO/c1-9-6-7-15(8-12(9,13)14)11(16)10-4-2-3-5-10/h2-3,9-10H,4-8H2,1H3/t9-/m0/s1. The number of hydrogen-bond donors (Lipinski definition) is 0. The molecule has 90 valence electrons. The summed E-state index contributed by atoms with van der Waals surface area (Å²) in [6, 6.07) is 0. The number of amides is 1. The highest BCUT2D eigenvalue weighted by Gasteiger charge is 2.44. The van der Waals surface area contributed by atoms with E-state index in [1.807, 2.05) is 12.2 Å². The molecule has 0 aromatic rings. The van der Waals surface area contributed by atoms with Gasteiger partial charge in [-0.2, -0.15) is 0 Å². The molecule has 1 heterocycles. The predicted molar refractivity (Wildman–Crippen MR) is 57.2 cm³/mol. The average molecular weight is 229 g/mol. The molecule has 0 saturated carbocycles. The van der Waals surface area contributed by atoms with Crippen molar-refractivity contribution in [3.63, 3.8) is 0 Å². The van der Waals surface area contributed by atoms with E-state index in [0.717, 1.165) is 0 Å². The minimum absolute atomic E-state index is 0.0933. The van der Waals surface area contributed by atoms with E-state index in [9.17, 15) is 13.6 Å². The zero-order valence-corrected chi connectivity index (χ0v) is 9.46. The number of hydrogen-bond acceptors (Lipinski definition) is 1. The van der Waals surface area contributed by atoms with Crippen LogP contribution in [0.15, 0.2) is 12.2 Å². The molecule has 0 radical (unpaired) electrons. The summed E-state index contributed by atoms with van der Waals surface area (Å²) in [6.45, 7) is 1.63. The lowest BCUT2D eigenvalue weighted by atomic mass is 9.93. The van der Waals surface area contributed by atoms with Crippen LogP contribution in [0.1, 0.15) is 26.2 Å². The first kappa shape index (κ1) is 11.6. The van der Waals surface area contributed by atoms with Gasteiger partial charge in [-0.25, -0.2) is 8.78 Å². The van der Waals surface area contributed by atoms with Crippen LogP contribution in [-0.2, 0) is 4.79 Å².